The van der Waals surface area contributed by atoms with Crippen LogP contribution in [0.2, 0.25) is 0 Å². The number of carbonyl (C=O) groups excluding carboxylic acids is 1. The number of nitrogens with one attached hydrogen (secondary N) is 2. The van der Waals surface area contributed by atoms with Gasteiger partial charge in [-0.1, -0.05) is 12.1 Å². The van der Waals surface area contributed by atoms with Crippen molar-refractivity contribution in [2.24, 2.45) is 0 Å². The number of rotatable bonds is 7. The van der Waals surface area contributed by atoms with Gasteiger partial charge in [0.1, 0.15) is 0 Å². The Kier molecular flexibility index (Phi) is 5.49. The highest BCUT2D eigenvalue weighted by Crippen LogP contribution is 2.25. The van der Waals surface area contributed by atoms with E-state index in [1.54, 1.807) is 11.8 Å². The molecule has 1 aliphatic rings. The maximum atomic E-state index is 11.9. The normalized spacial score (nSPS) is 16.2. The van der Waals surface area contributed by atoms with E-state index in [9.17, 15) is 4.79 Å². The van der Waals surface area contributed by atoms with Gasteiger partial charge in [0.15, 0.2) is 0 Å². The second-order valence-corrected chi connectivity index (χ2v) is 7.14. The Balaban J connectivity index is 1.87. The minimum atomic E-state index is -0.0657. The third kappa shape index (κ3) is 5.17. The maximum absolute atomic E-state index is 11.9. The molecule has 0 saturated heterocycles. The molecule has 1 amide bonds. The van der Waals surface area contributed by atoms with Crippen LogP contribution in [-0.4, -0.2) is 23.2 Å². The minimum Gasteiger partial charge on any atom is -0.353 e. The second kappa shape index (κ2) is 7.14. The summed E-state index contributed by atoms with van der Waals surface area (Å²) in [6.07, 6.45) is 2.61. The number of carbonyl (C=O) groups is 1. The van der Waals surface area contributed by atoms with E-state index in [2.05, 4.69) is 34.9 Å². The summed E-state index contributed by atoms with van der Waals surface area (Å²) in [4.78, 5) is 13.1. The Bertz CT molecular complexity index is 458. The molecule has 0 heterocycles. The van der Waals surface area contributed by atoms with Crippen molar-refractivity contribution in [2.75, 3.05) is 0 Å². The fraction of sp³-hybridized carbons (Fsp3) is 0.562. The quantitative estimate of drug-likeness (QED) is 0.759. The lowest BCUT2D eigenvalue weighted by molar-refractivity contribution is -0.120. The fourth-order valence-electron chi connectivity index (χ4n) is 1.94. The molecule has 110 valence electrons. The molecule has 1 aromatic rings. The smallest absolute Gasteiger partial charge is 0.233 e. The van der Waals surface area contributed by atoms with Gasteiger partial charge in [-0.3, -0.25) is 4.79 Å². The molecule has 20 heavy (non-hydrogen) atoms. The van der Waals surface area contributed by atoms with Gasteiger partial charge in [-0.2, -0.15) is 0 Å². The van der Waals surface area contributed by atoms with E-state index in [-0.39, 0.29) is 17.2 Å². The van der Waals surface area contributed by atoms with E-state index in [1.165, 1.54) is 18.4 Å². The van der Waals surface area contributed by atoms with Crippen molar-refractivity contribution in [3.63, 3.8) is 0 Å². The van der Waals surface area contributed by atoms with Crippen LogP contribution in [0.15, 0.2) is 29.2 Å². The van der Waals surface area contributed by atoms with Crippen LogP contribution in [0, 0.1) is 0 Å². The largest absolute Gasteiger partial charge is 0.353 e. The van der Waals surface area contributed by atoms with Crippen LogP contribution in [0.5, 0.6) is 0 Å². The molecule has 0 aromatic heterocycles. The molecular weight excluding hydrogens is 268 g/mol. The zero-order valence-corrected chi connectivity index (χ0v) is 13.3. The van der Waals surface area contributed by atoms with Gasteiger partial charge in [0, 0.05) is 23.5 Å². The first-order valence-electron chi connectivity index (χ1n) is 7.34. The van der Waals surface area contributed by atoms with Crippen LogP contribution in [-0.2, 0) is 11.3 Å². The molecular formula is C16H24N2OS. The van der Waals surface area contributed by atoms with Crippen LogP contribution < -0.4 is 10.6 Å². The molecule has 1 fully saturated rings. The summed E-state index contributed by atoms with van der Waals surface area (Å²) in [5.74, 6) is 0.103. The van der Waals surface area contributed by atoms with E-state index in [0.717, 1.165) is 17.5 Å². The van der Waals surface area contributed by atoms with Gasteiger partial charge in [0.25, 0.3) is 0 Å². The molecule has 3 nitrogen and oxygen atoms in total. The number of hydrogen-bond acceptors (Lipinski definition) is 3. The van der Waals surface area contributed by atoms with Crippen molar-refractivity contribution in [1.29, 1.82) is 0 Å². The molecule has 0 aliphatic heterocycles. The van der Waals surface area contributed by atoms with Crippen LogP contribution >= 0.6 is 11.8 Å². The first-order valence-corrected chi connectivity index (χ1v) is 8.22. The van der Waals surface area contributed by atoms with E-state index < -0.39 is 0 Å². The molecule has 1 unspecified atom stereocenters. The highest BCUT2D eigenvalue weighted by Gasteiger charge is 2.20. The standard InChI is InChI=1S/C16H24N2OS/c1-11(2)18-16(19)12(3)20-15-6-4-5-13(9-15)10-17-14-7-8-14/h4-6,9,11-12,14,17H,7-8,10H2,1-3H3,(H,18,19). The predicted molar refractivity (Wildman–Crippen MR) is 84.9 cm³/mol. The summed E-state index contributed by atoms with van der Waals surface area (Å²) in [6, 6.07) is 9.38. The summed E-state index contributed by atoms with van der Waals surface area (Å²) in [7, 11) is 0. The molecule has 1 saturated carbocycles. The average Bonchev–Trinajstić information content (AvgIpc) is 3.20. The SMILES string of the molecule is CC(C)NC(=O)C(C)Sc1cccc(CNC2CC2)c1. The summed E-state index contributed by atoms with van der Waals surface area (Å²) in [6.45, 7) is 6.85. The lowest BCUT2D eigenvalue weighted by Crippen LogP contribution is -2.35. The van der Waals surface area contributed by atoms with E-state index >= 15 is 0 Å². The van der Waals surface area contributed by atoms with Crippen molar-refractivity contribution >= 4 is 17.7 Å². The van der Waals surface area contributed by atoms with Gasteiger partial charge in [-0.05, 0) is 51.3 Å². The van der Waals surface area contributed by atoms with E-state index in [1.807, 2.05) is 20.8 Å². The van der Waals surface area contributed by atoms with Crippen molar-refractivity contribution < 1.29 is 4.79 Å². The molecule has 0 radical (unpaired) electrons. The van der Waals surface area contributed by atoms with Crippen molar-refractivity contribution in [3.8, 4) is 0 Å². The molecule has 2 N–H and O–H groups in total. The number of amides is 1. The summed E-state index contributed by atoms with van der Waals surface area (Å²) in [5, 5.41) is 6.40. The number of benzene rings is 1. The molecule has 1 aliphatic carbocycles. The Morgan fingerprint density at radius 3 is 2.75 bits per heavy atom. The van der Waals surface area contributed by atoms with Crippen LogP contribution in [0.4, 0.5) is 0 Å². The van der Waals surface area contributed by atoms with Crippen molar-refractivity contribution in [3.05, 3.63) is 29.8 Å². The monoisotopic (exact) mass is 292 g/mol. The Morgan fingerprint density at radius 2 is 2.10 bits per heavy atom. The van der Waals surface area contributed by atoms with Gasteiger partial charge >= 0.3 is 0 Å². The Hall–Kier alpha value is -1.00. The first-order chi connectivity index (χ1) is 9.54. The lowest BCUT2D eigenvalue weighted by Gasteiger charge is -2.14. The molecule has 1 aromatic carbocycles. The zero-order chi connectivity index (χ0) is 14.5. The average molecular weight is 292 g/mol. The Labute approximate surface area is 125 Å². The van der Waals surface area contributed by atoms with E-state index in [0.29, 0.717) is 0 Å². The van der Waals surface area contributed by atoms with E-state index in [4.69, 9.17) is 0 Å². The molecule has 2 rings (SSSR count). The Morgan fingerprint density at radius 1 is 1.35 bits per heavy atom. The van der Waals surface area contributed by atoms with Gasteiger partial charge in [0.05, 0.1) is 5.25 Å². The fourth-order valence-corrected chi connectivity index (χ4v) is 2.90. The van der Waals surface area contributed by atoms with Crippen molar-refractivity contribution in [2.45, 2.75) is 62.4 Å². The van der Waals surface area contributed by atoms with Crippen LogP contribution in [0.1, 0.15) is 39.2 Å². The minimum absolute atomic E-state index is 0.0657. The van der Waals surface area contributed by atoms with Gasteiger partial charge in [-0.25, -0.2) is 0 Å². The highest BCUT2D eigenvalue weighted by atomic mass is 32.2. The van der Waals surface area contributed by atoms with Gasteiger partial charge in [0.2, 0.25) is 5.91 Å². The van der Waals surface area contributed by atoms with Crippen molar-refractivity contribution in [1.82, 2.24) is 10.6 Å². The third-order valence-corrected chi connectivity index (χ3v) is 4.28. The third-order valence-electron chi connectivity index (χ3n) is 3.18. The van der Waals surface area contributed by atoms with Crippen LogP contribution in [0.3, 0.4) is 0 Å². The van der Waals surface area contributed by atoms with Gasteiger partial charge < -0.3 is 10.6 Å². The maximum Gasteiger partial charge on any atom is 0.233 e. The number of thioether (sulfide) groups is 1. The highest BCUT2D eigenvalue weighted by molar-refractivity contribution is 8.00. The summed E-state index contributed by atoms with van der Waals surface area (Å²) >= 11 is 1.62. The topological polar surface area (TPSA) is 41.1 Å². The first kappa shape index (κ1) is 15.4. The van der Waals surface area contributed by atoms with Crippen LogP contribution in [0.25, 0.3) is 0 Å². The lowest BCUT2D eigenvalue weighted by atomic mass is 10.2. The molecule has 0 bridgehead atoms. The summed E-state index contributed by atoms with van der Waals surface area (Å²) in [5.41, 5.74) is 1.29. The molecule has 0 spiro atoms. The molecule has 4 heteroatoms. The zero-order valence-electron chi connectivity index (χ0n) is 12.5. The van der Waals surface area contributed by atoms with Gasteiger partial charge in [-0.15, -0.1) is 11.8 Å². The number of hydrogen-bond donors (Lipinski definition) is 2. The molecule has 1 atom stereocenters. The predicted octanol–water partition coefficient (Wildman–Crippen LogP) is 2.94. The second-order valence-electron chi connectivity index (χ2n) is 5.73. The summed E-state index contributed by atoms with van der Waals surface area (Å²) < 4.78 is 0.